The highest BCUT2D eigenvalue weighted by Crippen LogP contribution is 2.19. The first-order valence-corrected chi connectivity index (χ1v) is 6.50. The maximum absolute atomic E-state index is 12.2. The molecule has 0 saturated heterocycles. The van der Waals surface area contributed by atoms with E-state index < -0.39 is 0 Å². The lowest BCUT2D eigenvalue weighted by Gasteiger charge is -2.08. The Morgan fingerprint density at radius 1 is 1.10 bits per heavy atom. The molecule has 1 heterocycles. The highest BCUT2D eigenvalue weighted by atomic mass is 16.1. The number of anilines is 2. The van der Waals surface area contributed by atoms with Crippen LogP contribution in [-0.4, -0.2) is 15.9 Å². The first-order chi connectivity index (χ1) is 10.2. The second kappa shape index (κ2) is 5.50. The predicted molar refractivity (Wildman–Crippen MR) is 82.8 cm³/mol. The van der Waals surface area contributed by atoms with Gasteiger partial charge in [0.2, 0.25) is 0 Å². The first kappa shape index (κ1) is 12.9. The van der Waals surface area contributed by atoms with Gasteiger partial charge in [0, 0.05) is 23.5 Å². The van der Waals surface area contributed by atoms with Crippen LogP contribution in [0.4, 0.5) is 11.4 Å². The Morgan fingerprint density at radius 3 is 2.52 bits per heavy atom. The SMILES string of the molecule is Nc1ccccc1NC(=O)c1ccc(-c2ncc[nH]2)cc1. The molecule has 5 nitrogen and oxygen atoms in total. The molecule has 1 amide bonds. The first-order valence-electron chi connectivity index (χ1n) is 6.50. The molecule has 0 saturated carbocycles. The van der Waals surface area contributed by atoms with Gasteiger partial charge in [0.25, 0.3) is 5.91 Å². The van der Waals surface area contributed by atoms with E-state index in [1.54, 1.807) is 36.7 Å². The summed E-state index contributed by atoms with van der Waals surface area (Å²) in [6.07, 6.45) is 3.45. The highest BCUT2D eigenvalue weighted by molar-refractivity contribution is 6.05. The fourth-order valence-corrected chi connectivity index (χ4v) is 2.01. The summed E-state index contributed by atoms with van der Waals surface area (Å²) in [5, 5.41) is 2.79. The Morgan fingerprint density at radius 2 is 1.86 bits per heavy atom. The Kier molecular flexibility index (Phi) is 3.39. The van der Waals surface area contributed by atoms with Crippen molar-refractivity contribution in [3.8, 4) is 11.4 Å². The standard InChI is InChI=1S/C16H14N4O/c17-13-3-1-2-4-14(13)20-16(21)12-7-5-11(6-8-12)15-18-9-10-19-15/h1-10H,17H2,(H,18,19)(H,20,21). The van der Waals surface area contributed by atoms with Crippen molar-refractivity contribution in [2.75, 3.05) is 11.1 Å². The van der Waals surface area contributed by atoms with E-state index in [4.69, 9.17) is 5.73 Å². The molecule has 1 aromatic heterocycles. The van der Waals surface area contributed by atoms with Gasteiger partial charge in [0.15, 0.2) is 0 Å². The molecule has 3 aromatic rings. The average molecular weight is 278 g/mol. The van der Waals surface area contributed by atoms with Gasteiger partial charge in [-0.3, -0.25) is 4.79 Å². The van der Waals surface area contributed by atoms with Gasteiger partial charge in [0.1, 0.15) is 5.82 Å². The second-order valence-corrected chi connectivity index (χ2v) is 4.56. The summed E-state index contributed by atoms with van der Waals surface area (Å²) in [5.74, 6) is 0.577. The highest BCUT2D eigenvalue weighted by Gasteiger charge is 2.08. The Hall–Kier alpha value is -3.08. The van der Waals surface area contributed by atoms with E-state index in [2.05, 4.69) is 15.3 Å². The van der Waals surface area contributed by atoms with Gasteiger partial charge >= 0.3 is 0 Å². The summed E-state index contributed by atoms with van der Waals surface area (Å²) in [6, 6.07) is 14.4. The van der Waals surface area contributed by atoms with Crippen LogP contribution in [0.15, 0.2) is 60.9 Å². The maximum Gasteiger partial charge on any atom is 0.255 e. The zero-order chi connectivity index (χ0) is 14.7. The number of rotatable bonds is 3. The molecular formula is C16H14N4O. The van der Waals surface area contributed by atoms with E-state index in [1.165, 1.54) is 0 Å². The van der Waals surface area contributed by atoms with Crippen molar-refractivity contribution in [2.45, 2.75) is 0 Å². The van der Waals surface area contributed by atoms with Crippen molar-refractivity contribution in [3.63, 3.8) is 0 Å². The molecule has 4 N–H and O–H groups in total. The number of imidazole rings is 1. The maximum atomic E-state index is 12.2. The quantitative estimate of drug-likeness (QED) is 0.644. The van der Waals surface area contributed by atoms with Crippen LogP contribution in [0, 0.1) is 0 Å². The van der Waals surface area contributed by atoms with Gasteiger partial charge in [0.05, 0.1) is 11.4 Å². The van der Waals surface area contributed by atoms with Crippen LogP contribution in [0.25, 0.3) is 11.4 Å². The van der Waals surface area contributed by atoms with Gasteiger partial charge in [-0.1, -0.05) is 24.3 Å². The molecule has 2 aromatic carbocycles. The number of hydrogen-bond donors (Lipinski definition) is 3. The third kappa shape index (κ3) is 2.76. The van der Waals surface area contributed by atoms with Crippen LogP contribution in [0.1, 0.15) is 10.4 Å². The molecule has 0 spiro atoms. The minimum atomic E-state index is -0.195. The summed E-state index contributed by atoms with van der Waals surface area (Å²) in [7, 11) is 0. The number of nitrogens with one attached hydrogen (secondary N) is 2. The molecule has 0 aliphatic rings. The summed E-state index contributed by atoms with van der Waals surface area (Å²) < 4.78 is 0. The number of nitrogen functional groups attached to an aromatic ring is 1. The van der Waals surface area contributed by atoms with Crippen LogP contribution in [-0.2, 0) is 0 Å². The van der Waals surface area contributed by atoms with Crippen LogP contribution in [0.3, 0.4) is 0 Å². The molecule has 5 heteroatoms. The lowest BCUT2D eigenvalue weighted by atomic mass is 10.1. The largest absolute Gasteiger partial charge is 0.397 e. The van der Waals surface area contributed by atoms with E-state index in [0.29, 0.717) is 16.9 Å². The molecule has 0 aliphatic heterocycles. The number of aromatic amines is 1. The van der Waals surface area contributed by atoms with E-state index in [0.717, 1.165) is 11.4 Å². The number of carbonyl (C=O) groups excluding carboxylic acids is 1. The topological polar surface area (TPSA) is 83.8 Å². The molecule has 0 aliphatic carbocycles. The summed E-state index contributed by atoms with van der Waals surface area (Å²) in [4.78, 5) is 19.4. The summed E-state index contributed by atoms with van der Waals surface area (Å²) >= 11 is 0. The number of carbonyl (C=O) groups is 1. The van der Waals surface area contributed by atoms with Crippen LogP contribution in [0.2, 0.25) is 0 Å². The van der Waals surface area contributed by atoms with Crippen molar-refractivity contribution in [1.82, 2.24) is 9.97 Å². The van der Waals surface area contributed by atoms with Crippen LogP contribution in [0.5, 0.6) is 0 Å². The fraction of sp³-hybridized carbons (Fsp3) is 0. The minimum absolute atomic E-state index is 0.195. The van der Waals surface area contributed by atoms with E-state index >= 15 is 0 Å². The number of H-pyrrole nitrogens is 1. The van der Waals surface area contributed by atoms with Crippen molar-refractivity contribution in [3.05, 3.63) is 66.5 Å². The molecule has 0 fully saturated rings. The average Bonchev–Trinajstić information content (AvgIpc) is 3.04. The van der Waals surface area contributed by atoms with Gasteiger partial charge in [-0.25, -0.2) is 4.98 Å². The van der Waals surface area contributed by atoms with Crippen molar-refractivity contribution in [1.29, 1.82) is 0 Å². The Balaban J connectivity index is 1.78. The lowest BCUT2D eigenvalue weighted by Crippen LogP contribution is -2.12. The van der Waals surface area contributed by atoms with Crippen LogP contribution < -0.4 is 11.1 Å². The second-order valence-electron chi connectivity index (χ2n) is 4.56. The molecule has 0 radical (unpaired) electrons. The number of nitrogens with two attached hydrogens (primary N) is 1. The number of hydrogen-bond acceptors (Lipinski definition) is 3. The van der Waals surface area contributed by atoms with Gasteiger partial charge in [-0.05, 0) is 24.3 Å². The number of amides is 1. The van der Waals surface area contributed by atoms with Crippen molar-refractivity contribution >= 4 is 17.3 Å². The van der Waals surface area contributed by atoms with E-state index in [-0.39, 0.29) is 5.91 Å². The number of nitrogens with zero attached hydrogens (tertiary/aromatic N) is 1. The number of aromatic nitrogens is 2. The van der Waals surface area contributed by atoms with Crippen molar-refractivity contribution in [2.24, 2.45) is 0 Å². The molecule has 104 valence electrons. The van der Waals surface area contributed by atoms with Crippen LogP contribution >= 0.6 is 0 Å². The Bertz CT molecular complexity index is 748. The number of para-hydroxylation sites is 2. The summed E-state index contributed by atoms with van der Waals surface area (Å²) in [6.45, 7) is 0. The minimum Gasteiger partial charge on any atom is -0.397 e. The third-order valence-electron chi connectivity index (χ3n) is 3.13. The fourth-order valence-electron chi connectivity index (χ4n) is 2.01. The lowest BCUT2D eigenvalue weighted by molar-refractivity contribution is 0.102. The molecule has 0 bridgehead atoms. The molecule has 0 unspecified atom stereocenters. The normalized spacial score (nSPS) is 10.3. The molecular weight excluding hydrogens is 264 g/mol. The van der Waals surface area contributed by atoms with Crippen molar-refractivity contribution < 1.29 is 4.79 Å². The third-order valence-corrected chi connectivity index (χ3v) is 3.13. The zero-order valence-electron chi connectivity index (χ0n) is 11.2. The van der Waals surface area contributed by atoms with Gasteiger partial charge in [-0.15, -0.1) is 0 Å². The van der Waals surface area contributed by atoms with E-state index in [1.807, 2.05) is 24.3 Å². The van der Waals surface area contributed by atoms with Gasteiger partial charge in [-0.2, -0.15) is 0 Å². The van der Waals surface area contributed by atoms with E-state index in [9.17, 15) is 4.79 Å². The van der Waals surface area contributed by atoms with Gasteiger partial charge < -0.3 is 16.0 Å². The summed E-state index contributed by atoms with van der Waals surface area (Å²) in [5.41, 5.74) is 8.45. The smallest absolute Gasteiger partial charge is 0.255 e. The molecule has 3 rings (SSSR count). The molecule has 21 heavy (non-hydrogen) atoms. The Labute approximate surface area is 121 Å². The zero-order valence-corrected chi connectivity index (χ0v) is 11.2. The predicted octanol–water partition coefficient (Wildman–Crippen LogP) is 2.91. The molecule has 0 atom stereocenters. The monoisotopic (exact) mass is 278 g/mol. The number of benzene rings is 2.